The van der Waals surface area contributed by atoms with Crippen LogP contribution in [0.2, 0.25) is 0 Å². The van der Waals surface area contributed by atoms with Crippen molar-refractivity contribution in [2.45, 2.75) is 13.5 Å². The molecule has 20 heavy (non-hydrogen) atoms. The molecular weight excluding hydrogens is 324 g/mol. The van der Waals surface area contributed by atoms with E-state index in [0.717, 1.165) is 10.0 Å². The first-order chi connectivity index (χ1) is 9.45. The molecule has 0 unspecified atom stereocenters. The van der Waals surface area contributed by atoms with Crippen LogP contribution >= 0.6 is 15.9 Å². The van der Waals surface area contributed by atoms with Gasteiger partial charge in [-0.2, -0.15) is 5.10 Å². The maximum Gasteiger partial charge on any atom is 0.256 e. The predicted molar refractivity (Wildman–Crippen MR) is 78.3 cm³/mol. The summed E-state index contributed by atoms with van der Waals surface area (Å²) in [5.74, 6) is -0.726. The monoisotopic (exact) mass is 336 g/mol. The average molecular weight is 337 g/mol. The van der Waals surface area contributed by atoms with Crippen molar-refractivity contribution in [1.82, 2.24) is 9.78 Å². The van der Waals surface area contributed by atoms with Crippen LogP contribution in [-0.2, 0) is 11.3 Å². The third-order valence-corrected chi connectivity index (χ3v) is 3.15. The lowest BCUT2D eigenvalue weighted by molar-refractivity contribution is -0.118. The minimum atomic E-state index is -0.492. The van der Waals surface area contributed by atoms with Gasteiger partial charge >= 0.3 is 0 Å². The number of hydrogen-bond acceptors (Lipinski definition) is 3. The number of halogens is 1. The molecule has 0 radical (unpaired) electrons. The van der Waals surface area contributed by atoms with E-state index >= 15 is 0 Å². The van der Waals surface area contributed by atoms with Crippen LogP contribution in [0.15, 0.2) is 35.1 Å². The van der Waals surface area contributed by atoms with Gasteiger partial charge in [-0.25, -0.2) is 0 Å². The highest BCUT2D eigenvalue weighted by atomic mass is 79.9. The van der Waals surface area contributed by atoms with Crippen molar-refractivity contribution in [3.8, 4) is 0 Å². The fraction of sp³-hybridized carbons (Fsp3) is 0.154. The average Bonchev–Trinajstić information content (AvgIpc) is 2.78. The second-order valence-corrected chi connectivity index (χ2v) is 5.22. The first kappa shape index (κ1) is 14.3. The summed E-state index contributed by atoms with van der Waals surface area (Å²) in [6.45, 7) is 1.84. The van der Waals surface area contributed by atoms with Crippen LogP contribution in [0.4, 0.5) is 5.69 Å². The second-order valence-electron chi connectivity index (χ2n) is 4.31. The molecule has 7 heteroatoms. The van der Waals surface area contributed by atoms with Crippen LogP contribution in [0.5, 0.6) is 0 Å². The number of nitrogens with one attached hydrogen (secondary N) is 1. The lowest BCUT2D eigenvalue weighted by Crippen LogP contribution is -2.18. The predicted octanol–water partition coefficient (Wildman–Crippen LogP) is 1.69. The number of nitrogens with zero attached hydrogens (tertiary/aromatic N) is 2. The van der Waals surface area contributed by atoms with Gasteiger partial charge in [-0.1, -0.05) is 22.0 Å². The molecule has 0 saturated carbocycles. The maximum absolute atomic E-state index is 12.2. The topological polar surface area (TPSA) is 90.0 Å². The second kappa shape index (κ2) is 5.87. The molecule has 104 valence electrons. The van der Waals surface area contributed by atoms with E-state index in [1.807, 2.05) is 19.1 Å². The molecule has 2 amide bonds. The Kier molecular flexibility index (Phi) is 4.19. The highest BCUT2D eigenvalue weighted by molar-refractivity contribution is 9.10. The number of amides is 2. The van der Waals surface area contributed by atoms with Gasteiger partial charge in [-0.05, 0) is 24.6 Å². The summed E-state index contributed by atoms with van der Waals surface area (Å²) < 4.78 is 2.20. The van der Waals surface area contributed by atoms with Gasteiger partial charge in [0.25, 0.3) is 5.91 Å². The van der Waals surface area contributed by atoms with Gasteiger partial charge in [-0.3, -0.25) is 14.3 Å². The summed E-state index contributed by atoms with van der Waals surface area (Å²) >= 11 is 3.33. The number of aryl methyl sites for hydroxylation is 1. The summed E-state index contributed by atoms with van der Waals surface area (Å²) in [4.78, 5) is 22.9. The summed E-state index contributed by atoms with van der Waals surface area (Å²) in [5, 5.41) is 6.66. The number of rotatable bonds is 4. The summed E-state index contributed by atoms with van der Waals surface area (Å²) in [5.41, 5.74) is 7.02. The highest BCUT2D eigenvalue weighted by Crippen LogP contribution is 2.17. The number of primary amides is 1. The van der Waals surface area contributed by atoms with Gasteiger partial charge < -0.3 is 11.1 Å². The Hall–Kier alpha value is -2.15. The fourth-order valence-electron chi connectivity index (χ4n) is 1.71. The molecule has 6 nitrogen and oxygen atoms in total. The molecule has 0 aliphatic carbocycles. The quantitative estimate of drug-likeness (QED) is 0.890. The van der Waals surface area contributed by atoms with Gasteiger partial charge in [0.05, 0.1) is 11.9 Å². The van der Waals surface area contributed by atoms with E-state index in [9.17, 15) is 9.59 Å². The lowest BCUT2D eigenvalue weighted by Gasteiger charge is -2.06. The zero-order valence-electron chi connectivity index (χ0n) is 10.8. The Balaban J connectivity index is 2.13. The Morgan fingerprint density at radius 2 is 2.20 bits per heavy atom. The number of aromatic nitrogens is 2. The molecule has 0 aliphatic heterocycles. The molecule has 3 N–H and O–H groups in total. The van der Waals surface area contributed by atoms with Gasteiger partial charge in [0.1, 0.15) is 6.54 Å². The van der Waals surface area contributed by atoms with Crippen LogP contribution in [-0.4, -0.2) is 21.6 Å². The third-order valence-electron chi connectivity index (χ3n) is 2.65. The Morgan fingerprint density at radius 1 is 1.45 bits per heavy atom. The van der Waals surface area contributed by atoms with Gasteiger partial charge in [0, 0.05) is 16.2 Å². The first-order valence-corrected chi connectivity index (χ1v) is 6.63. The van der Waals surface area contributed by atoms with E-state index < -0.39 is 5.91 Å². The number of benzene rings is 1. The minimum Gasteiger partial charge on any atom is -0.368 e. The zero-order chi connectivity index (χ0) is 14.7. The summed E-state index contributed by atoms with van der Waals surface area (Å²) in [6, 6.07) is 5.48. The number of carbonyl (C=O) groups is 2. The standard InChI is InChI=1S/C13H13BrN4O2/c1-8-2-3-9(14)4-11(8)13(20)17-10-5-16-18(6-10)7-12(15)19/h2-6H,7H2,1H3,(H2,15,19)(H,17,20). The van der Waals surface area contributed by atoms with E-state index in [-0.39, 0.29) is 12.5 Å². The van der Waals surface area contributed by atoms with E-state index in [2.05, 4.69) is 26.3 Å². The third kappa shape index (κ3) is 3.45. The van der Waals surface area contributed by atoms with Crippen molar-refractivity contribution in [2.75, 3.05) is 5.32 Å². The summed E-state index contributed by atoms with van der Waals surface area (Å²) in [6.07, 6.45) is 3.02. The number of anilines is 1. The van der Waals surface area contributed by atoms with Crippen LogP contribution < -0.4 is 11.1 Å². The molecule has 0 fully saturated rings. The SMILES string of the molecule is Cc1ccc(Br)cc1C(=O)Nc1cnn(CC(N)=O)c1. The minimum absolute atomic E-state index is 0.0220. The van der Waals surface area contributed by atoms with Crippen LogP contribution in [0, 0.1) is 6.92 Å². The van der Waals surface area contributed by atoms with E-state index in [4.69, 9.17) is 5.73 Å². The van der Waals surface area contributed by atoms with Crippen LogP contribution in [0.3, 0.4) is 0 Å². The van der Waals surface area contributed by atoms with Crippen molar-refractivity contribution in [2.24, 2.45) is 5.73 Å². The zero-order valence-corrected chi connectivity index (χ0v) is 12.3. The molecule has 1 heterocycles. The molecule has 0 aliphatic rings. The molecule has 1 aromatic carbocycles. The Labute approximate surface area is 124 Å². The molecule has 0 saturated heterocycles. The molecular formula is C13H13BrN4O2. The van der Waals surface area contributed by atoms with E-state index in [0.29, 0.717) is 11.3 Å². The van der Waals surface area contributed by atoms with Gasteiger partial charge in [0.15, 0.2) is 0 Å². The van der Waals surface area contributed by atoms with Gasteiger partial charge in [-0.15, -0.1) is 0 Å². The molecule has 0 atom stereocenters. The maximum atomic E-state index is 12.2. The van der Waals surface area contributed by atoms with Crippen LogP contribution in [0.25, 0.3) is 0 Å². The highest BCUT2D eigenvalue weighted by Gasteiger charge is 2.11. The van der Waals surface area contributed by atoms with Crippen molar-refractivity contribution in [1.29, 1.82) is 0 Å². The van der Waals surface area contributed by atoms with Crippen molar-refractivity contribution >= 4 is 33.4 Å². The van der Waals surface area contributed by atoms with Crippen molar-refractivity contribution in [3.05, 3.63) is 46.2 Å². The number of nitrogens with two attached hydrogens (primary N) is 1. The number of carbonyl (C=O) groups excluding carboxylic acids is 2. The van der Waals surface area contributed by atoms with E-state index in [1.54, 1.807) is 12.3 Å². The van der Waals surface area contributed by atoms with Crippen molar-refractivity contribution < 1.29 is 9.59 Å². The molecule has 0 bridgehead atoms. The normalized spacial score (nSPS) is 10.3. The summed E-state index contributed by atoms with van der Waals surface area (Å²) in [7, 11) is 0. The molecule has 2 rings (SSSR count). The molecule has 2 aromatic rings. The fourth-order valence-corrected chi connectivity index (χ4v) is 2.07. The first-order valence-electron chi connectivity index (χ1n) is 5.84. The van der Waals surface area contributed by atoms with Gasteiger partial charge in [0.2, 0.25) is 5.91 Å². The lowest BCUT2D eigenvalue weighted by atomic mass is 10.1. The smallest absolute Gasteiger partial charge is 0.256 e. The Bertz CT molecular complexity index is 666. The Morgan fingerprint density at radius 3 is 2.90 bits per heavy atom. The number of hydrogen-bond donors (Lipinski definition) is 2. The van der Waals surface area contributed by atoms with Crippen molar-refractivity contribution in [3.63, 3.8) is 0 Å². The largest absolute Gasteiger partial charge is 0.368 e. The molecule has 1 aromatic heterocycles. The van der Waals surface area contributed by atoms with E-state index in [1.165, 1.54) is 10.9 Å². The molecule has 0 spiro atoms. The van der Waals surface area contributed by atoms with Crippen LogP contribution in [0.1, 0.15) is 15.9 Å².